The molecule has 3 rings (SSSR count). The van der Waals surface area contributed by atoms with Crippen molar-refractivity contribution < 1.29 is 37.6 Å². The predicted molar refractivity (Wildman–Crippen MR) is 142 cm³/mol. The van der Waals surface area contributed by atoms with E-state index in [4.69, 9.17) is 4.52 Å². The van der Waals surface area contributed by atoms with Gasteiger partial charge in [-0.1, -0.05) is 24.3 Å². The number of alkyl halides is 3. The summed E-state index contributed by atoms with van der Waals surface area (Å²) in [7, 11) is -1.91. The van der Waals surface area contributed by atoms with Gasteiger partial charge in [0.2, 0.25) is 11.8 Å². The Morgan fingerprint density at radius 3 is 2.28 bits per heavy atom. The maximum Gasteiger partial charge on any atom is 0.421 e. The normalized spacial score (nSPS) is 15.5. The Balaban J connectivity index is 1.85. The molecule has 4 atom stereocenters. The van der Waals surface area contributed by atoms with Crippen LogP contribution in [0.3, 0.4) is 0 Å². The molecule has 0 aliphatic rings. The van der Waals surface area contributed by atoms with Gasteiger partial charge < -0.3 is 26.2 Å². The summed E-state index contributed by atoms with van der Waals surface area (Å²) in [5, 5.41) is 28.1. The number of aliphatic hydroxyl groups is 2. The Bertz CT molecular complexity index is 1290. The number of anilines is 4. The van der Waals surface area contributed by atoms with Crippen LogP contribution >= 0.6 is 7.72 Å². The molecule has 0 spiro atoms. The van der Waals surface area contributed by atoms with Gasteiger partial charge >= 0.3 is 13.9 Å². The molecule has 0 aliphatic heterocycles. The SMILES string of the molecule is CNC(=O)c1ccccc1Nc1nc(Nc2ccc(C(O)[P+](C)(O)OC(C)C(C)O)cc2)ncc1C(F)(F)F. The van der Waals surface area contributed by atoms with Gasteiger partial charge in [0.25, 0.3) is 5.91 Å². The number of rotatable bonds is 10. The van der Waals surface area contributed by atoms with E-state index in [1.165, 1.54) is 57.0 Å². The van der Waals surface area contributed by atoms with Crippen molar-refractivity contribution in [3.63, 3.8) is 0 Å². The summed E-state index contributed by atoms with van der Waals surface area (Å²) in [4.78, 5) is 30.6. The summed E-state index contributed by atoms with van der Waals surface area (Å²) >= 11 is 0. The lowest BCUT2D eigenvalue weighted by molar-refractivity contribution is -0.137. The number of hydrogen-bond donors (Lipinski definition) is 6. The number of amides is 1. The number of carbonyl (C=O) groups excluding carboxylic acids is 1. The van der Waals surface area contributed by atoms with Crippen molar-refractivity contribution in [1.29, 1.82) is 0 Å². The van der Waals surface area contributed by atoms with Crippen LogP contribution in [0.4, 0.5) is 36.3 Å². The lowest BCUT2D eigenvalue weighted by Crippen LogP contribution is -2.24. The van der Waals surface area contributed by atoms with E-state index in [9.17, 15) is 33.1 Å². The molecule has 1 aromatic heterocycles. The van der Waals surface area contributed by atoms with E-state index >= 15 is 0 Å². The Kier molecular flexibility index (Phi) is 9.47. The second-order valence-corrected chi connectivity index (χ2v) is 11.4. The van der Waals surface area contributed by atoms with Gasteiger partial charge in [-0.2, -0.15) is 22.7 Å². The molecule has 0 saturated heterocycles. The molecule has 1 amide bonds. The van der Waals surface area contributed by atoms with Crippen molar-refractivity contribution in [2.45, 2.75) is 38.1 Å². The number of benzene rings is 2. The minimum absolute atomic E-state index is 0.118. The van der Waals surface area contributed by atoms with Crippen LogP contribution in [0, 0.1) is 0 Å². The van der Waals surface area contributed by atoms with Gasteiger partial charge in [0, 0.05) is 24.5 Å². The number of hydrogen-bond acceptors (Lipinski definition) is 9. The standard InChI is InChI=1S/C25H29F3N5O5P/c1-14(34)15(2)38-39(4,37)23(36)16-9-11-17(12-10-16)31-24-30-13-19(25(26,27)28)21(33-24)32-20-8-6-5-7-18(20)22(35)29-3/h5-15,23,34,36-37H,1-4H3,(H2-,29,30,31,32,33,35)/p+1. The van der Waals surface area contributed by atoms with Crippen LogP contribution in [-0.4, -0.2) is 56.9 Å². The fourth-order valence-electron chi connectivity index (χ4n) is 3.42. The van der Waals surface area contributed by atoms with Gasteiger partial charge in [-0.15, -0.1) is 0 Å². The smallest absolute Gasteiger partial charge is 0.391 e. The van der Waals surface area contributed by atoms with E-state index in [2.05, 4.69) is 25.9 Å². The highest BCUT2D eigenvalue weighted by Crippen LogP contribution is 2.64. The van der Waals surface area contributed by atoms with Gasteiger partial charge in [0.05, 0.1) is 17.4 Å². The molecule has 14 heteroatoms. The highest BCUT2D eigenvalue weighted by molar-refractivity contribution is 7.64. The maximum atomic E-state index is 13.7. The molecule has 39 heavy (non-hydrogen) atoms. The number of para-hydroxylation sites is 1. The molecule has 2 aromatic carbocycles. The first-order valence-electron chi connectivity index (χ1n) is 11.8. The maximum absolute atomic E-state index is 13.7. The van der Waals surface area contributed by atoms with E-state index in [1.54, 1.807) is 19.1 Å². The van der Waals surface area contributed by atoms with Crippen LogP contribution in [0.25, 0.3) is 0 Å². The third kappa shape index (κ3) is 7.61. The Labute approximate surface area is 223 Å². The van der Waals surface area contributed by atoms with E-state index in [-0.39, 0.29) is 17.2 Å². The van der Waals surface area contributed by atoms with Gasteiger partial charge in [0.15, 0.2) is 0 Å². The van der Waals surface area contributed by atoms with Gasteiger partial charge in [-0.05, 0) is 38.1 Å². The first-order chi connectivity index (χ1) is 18.2. The monoisotopic (exact) mass is 568 g/mol. The summed E-state index contributed by atoms with van der Waals surface area (Å²) < 4.78 is 46.5. The lowest BCUT2D eigenvalue weighted by atomic mass is 10.1. The zero-order valence-corrected chi connectivity index (χ0v) is 22.5. The van der Waals surface area contributed by atoms with Crippen LogP contribution in [-0.2, 0) is 10.7 Å². The van der Waals surface area contributed by atoms with E-state index < -0.39 is 49.2 Å². The number of halogens is 3. The molecule has 6 N–H and O–H groups in total. The summed E-state index contributed by atoms with van der Waals surface area (Å²) in [6, 6.07) is 12.1. The predicted octanol–water partition coefficient (Wildman–Crippen LogP) is 4.59. The van der Waals surface area contributed by atoms with Crippen molar-refractivity contribution in [3.8, 4) is 0 Å². The second-order valence-electron chi connectivity index (χ2n) is 8.82. The van der Waals surface area contributed by atoms with Gasteiger partial charge in [-0.25, -0.2) is 9.88 Å². The highest BCUT2D eigenvalue weighted by Gasteiger charge is 2.44. The number of nitrogens with zero attached hydrogens (tertiary/aromatic N) is 2. The summed E-state index contributed by atoms with van der Waals surface area (Å²) in [5.41, 5.74) is -0.165. The number of carbonyl (C=O) groups is 1. The van der Waals surface area contributed by atoms with E-state index in [0.29, 0.717) is 17.4 Å². The first kappa shape index (κ1) is 30.2. The molecular formula is C25H30F3N5O5P+. The number of aromatic nitrogens is 2. The minimum Gasteiger partial charge on any atom is -0.391 e. The topological polar surface area (TPSA) is 149 Å². The molecule has 1 heterocycles. The molecular weight excluding hydrogens is 538 g/mol. The summed E-state index contributed by atoms with van der Waals surface area (Å²) in [5.74, 6) is -2.57. The Hall–Kier alpha value is -3.35. The van der Waals surface area contributed by atoms with Gasteiger partial charge in [-0.3, -0.25) is 4.79 Å². The molecule has 10 nitrogen and oxygen atoms in total. The molecule has 0 saturated carbocycles. The Morgan fingerprint density at radius 2 is 1.69 bits per heavy atom. The van der Waals surface area contributed by atoms with E-state index in [1.807, 2.05) is 0 Å². The zero-order chi connectivity index (χ0) is 29.0. The molecule has 0 fully saturated rings. The molecule has 4 unspecified atom stereocenters. The third-order valence-corrected chi connectivity index (χ3v) is 7.69. The molecule has 0 radical (unpaired) electrons. The van der Waals surface area contributed by atoms with Crippen LogP contribution in [0.15, 0.2) is 54.7 Å². The average molecular weight is 569 g/mol. The van der Waals surface area contributed by atoms with Crippen LogP contribution in [0.2, 0.25) is 0 Å². The first-order valence-corrected chi connectivity index (χ1v) is 13.9. The molecule has 0 aliphatic carbocycles. The van der Waals surface area contributed by atoms with Gasteiger partial charge in [0.1, 0.15) is 24.2 Å². The third-order valence-electron chi connectivity index (χ3n) is 5.72. The van der Waals surface area contributed by atoms with Crippen LogP contribution < -0.4 is 16.0 Å². The summed E-state index contributed by atoms with van der Waals surface area (Å²) in [6.45, 7) is 4.45. The Morgan fingerprint density at radius 1 is 1.05 bits per heavy atom. The van der Waals surface area contributed by atoms with Crippen molar-refractivity contribution in [2.24, 2.45) is 0 Å². The summed E-state index contributed by atoms with van der Waals surface area (Å²) in [6.07, 6.45) is -5.70. The lowest BCUT2D eigenvalue weighted by Gasteiger charge is -2.24. The minimum atomic E-state index is -4.77. The van der Waals surface area contributed by atoms with Crippen molar-refractivity contribution in [3.05, 3.63) is 71.4 Å². The molecule has 0 bridgehead atoms. The van der Waals surface area contributed by atoms with Crippen molar-refractivity contribution in [2.75, 3.05) is 24.3 Å². The van der Waals surface area contributed by atoms with Crippen LogP contribution in [0.1, 0.15) is 41.2 Å². The largest absolute Gasteiger partial charge is 0.421 e. The molecule has 3 aromatic rings. The fourth-order valence-corrected chi connectivity index (χ4v) is 5.11. The number of nitrogens with one attached hydrogen (secondary N) is 3. The van der Waals surface area contributed by atoms with Crippen molar-refractivity contribution >= 4 is 36.8 Å². The van der Waals surface area contributed by atoms with Crippen LogP contribution in [0.5, 0.6) is 0 Å². The van der Waals surface area contributed by atoms with Crippen molar-refractivity contribution in [1.82, 2.24) is 15.3 Å². The zero-order valence-electron chi connectivity index (χ0n) is 21.6. The number of aliphatic hydroxyl groups excluding tert-OH is 2. The quantitative estimate of drug-likeness (QED) is 0.193. The second kappa shape index (κ2) is 12.2. The highest BCUT2D eigenvalue weighted by atomic mass is 31.2. The average Bonchev–Trinajstić information content (AvgIpc) is 2.87. The fraction of sp³-hybridized carbons (Fsp3) is 0.320. The molecule has 210 valence electrons. The van der Waals surface area contributed by atoms with E-state index in [0.717, 1.165) is 0 Å².